The van der Waals surface area contributed by atoms with E-state index >= 15 is 0 Å². The van der Waals surface area contributed by atoms with Crippen molar-refractivity contribution >= 4 is 23.8 Å². The number of rotatable bonds is 6. The fourth-order valence-electron chi connectivity index (χ4n) is 2.15. The molecule has 1 atom stereocenters. The maximum Gasteiger partial charge on any atom is 0.325 e. The molecule has 8 nitrogen and oxygen atoms in total. The third-order valence-corrected chi connectivity index (χ3v) is 3.35. The second-order valence-corrected chi connectivity index (χ2v) is 4.68. The number of methoxy groups -OCH3 is 2. The molecule has 1 aliphatic rings. The van der Waals surface area contributed by atoms with Gasteiger partial charge in [0.25, 0.3) is 0 Å². The Hall–Kier alpha value is -2.12. The lowest BCUT2D eigenvalue weighted by Crippen LogP contribution is -2.44. The highest BCUT2D eigenvalue weighted by atomic mass is 16.5. The van der Waals surface area contributed by atoms with Gasteiger partial charge in [-0.25, -0.2) is 0 Å². The Morgan fingerprint density at radius 1 is 1.19 bits per heavy atom. The lowest BCUT2D eigenvalue weighted by molar-refractivity contribution is -0.153. The summed E-state index contributed by atoms with van der Waals surface area (Å²) in [5.74, 6) is -2.35. The van der Waals surface area contributed by atoms with Gasteiger partial charge in [0.1, 0.15) is 13.1 Å². The first-order chi connectivity index (χ1) is 9.92. The second-order valence-electron chi connectivity index (χ2n) is 4.68. The molecular weight excluding hydrogens is 280 g/mol. The maximum absolute atomic E-state index is 12.4. The van der Waals surface area contributed by atoms with Crippen molar-refractivity contribution in [2.75, 3.05) is 40.4 Å². The fraction of sp³-hybridized carbons (Fsp3) is 0.692. The quantitative estimate of drug-likeness (QED) is 0.586. The van der Waals surface area contributed by atoms with Gasteiger partial charge in [0.15, 0.2) is 0 Å². The average molecular weight is 300 g/mol. The van der Waals surface area contributed by atoms with Crippen LogP contribution in [0.1, 0.15) is 13.3 Å². The van der Waals surface area contributed by atoms with E-state index in [1.807, 2.05) is 6.92 Å². The van der Waals surface area contributed by atoms with Gasteiger partial charge in [-0.1, -0.05) is 0 Å². The predicted octanol–water partition coefficient (Wildman–Crippen LogP) is -0.971. The summed E-state index contributed by atoms with van der Waals surface area (Å²) in [6.07, 6.45) is 0.0888. The van der Waals surface area contributed by atoms with E-state index in [2.05, 4.69) is 9.47 Å². The van der Waals surface area contributed by atoms with E-state index in [0.717, 1.165) is 4.90 Å². The van der Waals surface area contributed by atoms with Crippen LogP contribution in [0.2, 0.25) is 0 Å². The van der Waals surface area contributed by atoms with Crippen molar-refractivity contribution < 1.29 is 28.7 Å². The molecule has 1 saturated heterocycles. The Labute approximate surface area is 123 Å². The zero-order chi connectivity index (χ0) is 16.0. The molecule has 1 rings (SSSR count). The highest BCUT2D eigenvalue weighted by Gasteiger charge is 2.36. The van der Waals surface area contributed by atoms with Crippen LogP contribution in [-0.4, -0.2) is 74.0 Å². The molecule has 21 heavy (non-hydrogen) atoms. The van der Waals surface area contributed by atoms with Gasteiger partial charge in [-0.15, -0.1) is 0 Å². The number of hydrogen-bond donors (Lipinski definition) is 0. The van der Waals surface area contributed by atoms with Gasteiger partial charge in [0.05, 0.1) is 20.1 Å². The molecule has 0 aromatic carbocycles. The summed E-state index contributed by atoms with van der Waals surface area (Å²) in [6, 6.07) is 0. The molecule has 8 heteroatoms. The van der Waals surface area contributed by atoms with Gasteiger partial charge in [0.2, 0.25) is 11.8 Å². The van der Waals surface area contributed by atoms with Gasteiger partial charge < -0.3 is 19.3 Å². The molecule has 0 radical (unpaired) electrons. The first-order valence-corrected chi connectivity index (χ1v) is 6.63. The standard InChI is InChI=1S/C13H20N2O6/c1-4-14-6-9(5-10(14)16)13(19)15(7-11(17)20-2)8-12(18)21-3/h9H,4-8H2,1-3H3. The zero-order valence-corrected chi connectivity index (χ0v) is 12.5. The number of carbonyl (C=O) groups is 4. The van der Waals surface area contributed by atoms with Crippen LogP contribution >= 0.6 is 0 Å². The molecule has 0 aliphatic carbocycles. The highest BCUT2D eigenvalue weighted by Crippen LogP contribution is 2.19. The molecule has 2 amide bonds. The van der Waals surface area contributed by atoms with E-state index < -0.39 is 23.8 Å². The van der Waals surface area contributed by atoms with Crippen LogP contribution in [0.25, 0.3) is 0 Å². The summed E-state index contributed by atoms with van der Waals surface area (Å²) in [6.45, 7) is 1.96. The minimum Gasteiger partial charge on any atom is -0.468 e. The predicted molar refractivity (Wildman–Crippen MR) is 71.0 cm³/mol. The Morgan fingerprint density at radius 3 is 2.10 bits per heavy atom. The van der Waals surface area contributed by atoms with Gasteiger partial charge in [-0.3, -0.25) is 19.2 Å². The first-order valence-electron chi connectivity index (χ1n) is 6.63. The van der Waals surface area contributed by atoms with E-state index in [1.54, 1.807) is 4.90 Å². The average Bonchev–Trinajstić information content (AvgIpc) is 2.86. The molecule has 118 valence electrons. The van der Waals surface area contributed by atoms with Crippen molar-refractivity contribution in [3.8, 4) is 0 Å². The van der Waals surface area contributed by atoms with Gasteiger partial charge >= 0.3 is 11.9 Å². The topological polar surface area (TPSA) is 93.2 Å². The number of esters is 2. The van der Waals surface area contributed by atoms with Crippen molar-refractivity contribution in [2.24, 2.45) is 5.92 Å². The largest absolute Gasteiger partial charge is 0.468 e. The Kier molecular flexibility index (Phi) is 6.13. The first kappa shape index (κ1) is 16.9. The minimum atomic E-state index is -0.635. The monoisotopic (exact) mass is 300 g/mol. The van der Waals surface area contributed by atoms with Crippen LogP contribution in [0, 0.1) is 5.92 Å². The summed E-state index contributed by atoms with van der Waals surface area (Å²) >= 11 is 0. The number of nitrogens with zero attached hydrogens (tertiary/aromatic N) is 2. The van der Waals surface area contributed by atoms with E-state index in [1.165, 1.54) is 14.2 Å². The van der Waals surface area contributed by atoms with Gasteiger partial charge in [0, 0.05) is 19.5 Å². The van der Waals surface area contributed by atoms with Crippen LogP contribution in [0.4, 0.5) is 0 Å². The van der Waals surface area contributed by atoms with Crippen LogP contribution in [-0.2, 0) is 28.7 Å². The summed E-state index contributed by atoms with van der Waals surface area (Å²) in [5.41, 5.74) is 0. The lowest BCUT2D eigenvalue weighted by atomic mass is 10.1. The molecular formula is C13H20N2O6. The molecule has 0 N–H and O–H groups in total. The number of likely N-dealkylation sites (tertiary alicyclic amines) is 1. The second kappa shape index (κ2) is 7.61. The van der Waals surface area contributed by atoms with E-state index in [-0.39, 0.29) is 25.4 Å². The molecule has 0 saturated carbocycles. The van der Waals surface area contributed by atoms with Crippen molar-refractivity contribution in [1.29, 1.82) is 0 Å². The number of ether oxygens (including phenoxy) is 2. The molecule has 0 bridgehead atoms. The summed E-state index contributed by atoms with van der Waals surface area (Å²) < 4.78 is 9.02. The zero-order valence-electron chi connectivity index (χ0n) is 12.5. The summed E-state index contributed by atoms with van der Waals surface area (Å²) in [5, 5.41) is 0. The number of amides is 2. The normalized spacial score (nSPS) is 17.6. The molecule has 1 fully saturated rings. The number of hydrogen-bond acceptors (Lipinski definition) is 6. The Balaban J connectivity index is 2.77. The van der Waals surface area contributed by atoms with Crippen molar-refractivity contribution in [3.05, 3.63) is 0 Å². The fourth-order valence-corrected chi connectivity index (χ4v) is 2.15. The summed E-state index contributed by atoms with van der Waals surface area (Å²) in [7, 11) is 2.39. The third-order valence-electron chi connectivity index (χ3n) is 3.35. The van der Waals surface area contributed by atoms with Crippen molar-refractivity contribution in [2.45, 2.75) is 13.3 Å². The SMILES string of the molecule is CCN1CC(C(=O)N(CC(=O)OC)CC(=O)OC)CC1=O. The lowest BCUT2D eigenvalue weighted by Gasteiger charge is -2.23. The van der Waals surface area contributed by atoms with Crippen LogP contribution in [0.15, 0.2) is 0 Å². The van der Waals surface area contributed by atoms with Crippen molar-refractivity contribution in [3.63, 3.8) is 0 Å². The van der Waals surface area contributed by atoms with Crippen LogP contribution in [0.5, 0.6) is 0 Å². The van der Waals surface area contributed by atoms with E-state index in [4.69, 9.17) is 0 Å². The van der Waals surface area contributed by atoms with E-state index in [0.29, 0.717) is 13.1 Å². The smallest absolute Gasteiger partial charge is 0.325 e. The molecule has 0 aromatic rings. The van der Waals surface area contributed by atoms with Crippen molar-refractivity contribution in [1.82, 2.24) is 9.80 Å². The van der Waals surface area contributed by atoms with Gasteiger partial charge in [-0.05, 0) is 6.92 Å². The van der Waals surface area contributed by atoms with Gasteiger partial charge in [-0.2, -0.15) is 0 Å². The summed E-state index contributed by atoms with van der Waals surface area (Å²) in [4.78, 5) is 49.4. The van der Waals surface area contributed by atoms with Crippen LogP contribution < -0.4 is 0 Å². The molecule has 1 aliphatic heterocycles. The molecule has 1 unspecified atom stereocenters. The maximum atomic E-state index is 12.4. The minimum absolute atomic E-state index is 0.0888. The highest BCUT2D eigenvalue weighted by molar-refractivity contribution is 5.92. The molecule has 1 heterocycles. The third kappa shape index (κ3) is 4.44. The Bertz CT molecular complexity index is 418. The molecule has 0 spiro atoms. The Morgan fingerprint density at radius 2 is 1.71 bits per heavy atom. The number of carbonyl (C=O) groups excluding carboxylic acids is 4. The molecule has 0 aromatic heterocycles. The van der Waals surface area contributed by atoms with Crippen LogP contribution in [0.3, 0.4) is 0 Å². The van der Waals surface area contributed by atoms with E-state index in [9.17, 15) is 19.2 Å².